The fourth-order valence-electron chi connectivity index (χ4n) is 1.44. The molecule has 0 aliphatic heterocycles. The van der Waals surface area contributed by atoms with Gasteiger partial charge >= 0.3 is 0 Å². The summed E-state index contributed by atoms with van der Waals surface area (Å²) in [5.74, 6) is -0.642. The average Bonchev–Trinajstić information content (AvgIpc) is 2.30. The first-order valence-corrected chi connectivity index (χ1v) is 5.59. The topological polar surface area (TPSA) is 33.2 Å². The highest BCUT2D eigenvalue weighted by Crippen LogP contribution is 2.05. The van der Waals surface area contributed by atoms with Crippen LogP contribution in [0.3, 0.4) is 0 Å². The molecule has 1 rings (SSSR count). The van der Waals surface area contributed by atoms with Crippen LogP contribution in [0.15, 0.2) is 18.3 Å². The van der Waals surface area contributed by atoms with Gasteiger partial charge in [-0.2, -0.15) is 4.39 Å². The molecule has 4 heteroatoms. The quantitative estimate of drug-likeness (QED) is 0.720. The van der Waals surface area contributed by atoms with Gasteiger partial charge in [0.05, 0.1) is 5.56 Å². The third-order valence-corrected chi connectivity index (χ3v) is 2.42. The number of carbonyl (C=O) groups excluding carboxylic acids is 1. The predicted molar refractivity (Wildman–Crippen MR) is 60.7 cm³/mol. The zero-order valence-electron chi connectivity index (χ0n) is 9.74. The summed E-state index contributed by atoms with van der Waals surface area (Å²) < 4.78 is 12.6. The molecule has 0 aromatic carbocycles. The second-order valence-electron chi connectivity index (χ2n) is 3.61. The molecule has 16 heavy (non-hydrogen) atoms. The Hall–Kier alpha value is -1.45. The molecule has 0 aliphatic carbocycles. The summed E-state index contributed by atoms with van der Waals surface area (Å²) in [6, 6.07) is 2.68. The van der Waals surface area contributed by atoms with E-state index >= 15 is 0 Å². The van der Waals surface area contributed by atoms with Crippen LogP contribution in [0.4, 0.5) is 4.39 Å². The van der Waals surface area contributed by atoms with E-state index in [4.69, 9.17) is 0 Å². The molecule has 1 heterocycles. The summed E-state index contributed by atoms with van der Waals surface area (Å²) in [6.07, 6.45) is 3.31. The number of hydrogen-bond donors (Lipinski definition) is 0. The number of aromatic nitrogens is 1. The van der Waals surface area contributed by atoms with E-state index in [0.717, 1.165) is 19.4 Å². The van der Waals surface area contributed by atoms with E-state index in [9.17, 15) is 9.18 Å². The largest absolute Gasteiger partial charge is 0.339 e. The molecule has 0 unspecified atom stereocenters. The molecule has 0 spiro atoms. The Labute approximate surface area is 95.3 Å². The summed E-state index contributed by atoms with van der Waals surface area (Å²) >= 11 is 0. The maximum Gasteiger partial charge on any atom is 0.255 e. The van der Waals surface area contributed by atoms with E-state index in [1.54, 1.807) is 4.90 Å². The molecule has 3 nitrogen and oxygen atoms in total. The smallest absolute Gasteiger partial charge is 0.255 e. The van der Waals surface area contributed by atoms with E-state index in [-0.39, 0.29) is 5.91 Å². The molecular formula is C12H17FN2O. The van der Waals surface area contributed by atoms with Crippen molar-refractivity contribution in [1.29, 1.82) is 0 Å². The first kappa shape index (κ1) is 12.6. The predicted octanol–water partition coefficient (Wildman–Crippen LogP) is 2.48. The Balaban J connectivity index is 2.70. The molecular weight excluding hydrogens is 207 g/mol. The van der Waals surface area contributed by atoms with Crippen molar-refractivity contribution < 1.29 is 9.18 Å². The normalized spacial score (nSPS) is 10.2. The van der Waals surface area contributed by atoms with E-state index in [2.05, 4.69) is 11.9 Å². The van der Waals surface area contributed by atoms with Gasteiger partial charge in [0.25, 0.3) is 5.91 Å². The van der Waals surface area contributed by atoms with Crippen LogP contribution in [0.25, 0.3) is 0 Å². The lowest BCUT2D eigenvalue weighted by molar-refractivity contribution is 0.0762. The first-order valence-electron chi connectivity index (χ1n) is 5.59. The molecule has 88 valence electrons. The van der Waals surface area contributed by atoms with Crippen LogP contribution in [0.2, 0.25) is 0 Å². The fourth-order valence-corrected chi connectivity index (χ4v) is 1.44. The lowest BCUT2D eigenvalue weighted by Crippen LogP contribution is -2.31. The van der Waals surface area contributed by atoms with Crippen LogP contribution in [0.1, 0.15) is 37.0 Å². The van der Waals surface area contributed by atoms with Crippen molar-refractivity contribution in [2.75, 3.05) is 13.1 Å². The number of nitrogens with zero attached hydrogens (tertiary/aromatic N) is 2. The minimum Gasteiger partial charge on any atom is -0.339 e. The van der Waals surface area contributed by atoms with Crippen LogP contribution >= 0.6 is 0 Å². The molecule has 0 N–H and O–H groups in total. The second-order valence-corrected chi connectivity index (χ2v) is 3.61. The molecule has 0 bridgehead atoms. The maximum absolute atomic E-state index is 12.6. The van der Waals surface area contributed by atoms with Gasteiger partial charge in [-0.3, -0.25) is 4.79 Å². The summed E-state index contributed by atoms with van der Waals surface area (Å²) in [5, 5.41) is 0. The first-order chi connectivity index (χ1) is 7.69. The molecule has 1 amide bonds. The van der Waals surface area contributed by atoms with Crippen LogP contribution < -0.4 is 0 Å². The van der Waals surface area contributed by atoms with Gasteiger partial charge in [0, 0.05) is 19.3 Å². The van der Waals surface area contributed by atoms with Crippen molar-refractivity contribution in [2.45, 2.75) is 26.7 Å². The van der Waals surface area contributed by atoms with Crippen LogP contribution in [0, 0.1) is 5.95 Å². The van der Waals surface area contributed by atoms with E-state index in [1.165, 1.54) is 18.3 Å². The standard InChI is InChI=1S/C12H17FN2O/c1-3-5-8-15(4-2)12(16)10-6-7-11(13)14-9-10/h6-7,9H,3-5,8H2,1-2H3. The van der Waals surface area contributed by atoms with Gasteiger partial charge in [-0.15, -0.1) is 0 Å². The van der Waals surface area contributed by atoms with Gasteiger partial charge < -0.3 is 4.90 Å². The number of carbonyl (C=O) groups is 1. The Bertz CT molecular complexity index is 337. The second kappa shape index (κ2) is 6.20. The average molecular weight is 224 g/mol. The van der Waals surface area contributed by atoms with Gasteiger partial charge in [-0.25, -0.2) is 4.98 Å². The number of unbranched alkanes of at least 4 members (excludes halogenated alkanes) is 1. The van der Waals surface area contributed by atoms with Gasteiger partial charge in [-0.05, 0) is 25.5 Å². The van der Waals surface area contributed by atoms with Gasteiger partial charge in [0.1, 0.15) is 0 Å². The van der Waals surface area contributed by atoms with Crippen molar-refractivity contribution in [2.24, 2.45) is 0 Å². The third-order valence-electron chi connectivity index (χ3n) is 2.42. The number of halogens is 1. The van der Waals surface area contributed by atoms with Crippen molar-refractivity contribution in [1.82, 2.24) is 9.88 Å². The molecule has 0 aliphatic rings. The van der Waals surface area contributed by atoms with E-state index in [0.29, 0.717) is 12.1 Å². The van der Waals surface area contributed by atoms with Crippen molar-refractivity contribution in [3.05, 3.63) is 29.8 Å². The Morgan fingerprint density at radius 2 is 2.19 bits per heavy atom. The zero-order valence-corrected chi connectivity index (χ0v) is 9.74. The van der Waals surface area contributed by atoms with E-state index in [1.807, 2.05) is 6.92 Å². The molecule has 0 saturated heterocycles. The minimum absolute atomic E-state index is 0.0801. The van der Waals surface area contributed by atoms with Gasteiger partial charge in [0.2, 0.25) is 5.95 Å². The highest BCUT2D eigenvalue weighted by Gasteiger charge is 2.13. The molecule has 1 aromatic heterocycles. The third kappa shape index (κ3) is 3.29. The Morgan fingerprint density at radius 3 is 2.69 bits per heavy atom. The van der Waals surface area contributed by atoms with Crippen LogP contribution in [-0.4, -0.2) is 28.9 Å². The monoisotopic (exact) mass is 224 g/mol. The minimum atomic E-state index is -0.562. The Kier molecular flexibility index (Phi) is 4.89. The number of hydrogen-bond acceptors (Lipinski definition) is 2. The molecule has 0 fully saturated rings. The summed E-state index contributed by atoms with van der Waals surface area (Å²) in [7, 11) is 0. The van der Waals surface area contributed by atoms with Crippen molar-refractivity contribution >= 4 is 5.91 Å². The summed E-state index contributed by atoms with van der Waals surface area (Å²) in [4.78, 5) is 17.2. The van der Waals surface area contributed by atoms with Crippen molar-refractivity contribution in [3.63, 3.8) is 0 Å². The lowest BCUT2D eigenvalue weighted by atomic mass is 10.2. The summed E-state index contributed by atoms with van der Waals surface area (Å²) in [6.45, 7) is 5.42. The molecule has 0 radical (unpaired) electrons. The highest BCUT2D eigenvalue weighted by atomic mass is 19.1. The SMILES string of the molecule is CCCCN(CC)C(=O)c1ccc(F)nc1. The van der Waals surface area contributed by atoms with Crippen LogP contribution in [0.5, 0.6) is 0 Å². The van der Waals surface area contributed by atoms with Crippen molar-refractivity contribution in [3.8, 4) is 0 Å². The Morgan fingerprint density at radius 1 is 1.44 bits per heavy atom. The maximum atomic E-state index is 12.6. The highest BCUT2D eigenvalue weighted by molar-refractivity contribution is 5.93. The summed E-state index contributed by atoms with van der Waals surface area (Å²) in [5.41, 5.74) is 0.444. The number of pyridine rings is 1. The number of amides is 1. The van der Waals surface area contributed by atoms with Gasteiger partial charge in [-0.1, -0.05) is 13.3 Å². The molecule has 0 saturated carbocycles. The molecule has 1 aromatic rings. The van der Waals surface area contributed by atoms with Gasteiger partial charge in [0.15, 0.2) is 0 Å². The van der Waals surface area contributed by atoms with E-state index < -0.39 is 5.95 Å². The lowest BCUT2D eigenvalue weighted by Gasteiger charge is -2.20. The number of rotatable bonds is 5. The van der Waals surface area contributed by atoms with Crippen LogP contribution in [-0.2, 0) is 0 Å². The molecule has 0 atom stereocenters. The fraction of sp³-hybridized carbons (Fsp3) is 0.500. The zero-order chi connectivity index (χ0) is 12.0.